The molecule has 0 saturated heterocycles. The highest BCUT2D eigenvalue weighted by atomic mass is 32.2. The largest absolute Gasteiger partial charge is 0.309 e. The first-order valence-corrected chi connectivity index (χ1v) is 5.54. The van der Waals surface area contributed by atoms with E-state index in [2.05, 4.69) is 0 Å². The average molecular weight is 246 g/mol. The van der Waals surface area contributed by atoms with Gasteiger partial charge in [0.15, 0.2) is 5.12 Å². The Balaban J connectivity index is 3.72. The van der Waals surface area contributed by atoms with E-state index in [9.17, 15) is 22.4 Å². The van der Waals surface area contributed by atoms with Crippen LogP contribution in [0.1, 0.15) is 33.1 Å². The Kier molecular flexibility index (Phi) is 5.62. The molecule has 0 spiro atoms. The van der Waals surface area contributed by atoms with Crippen molar-refractivity contribution in [2.45, 2.75) is 45.0 Å². The first kappa shape index (κ1) is 14.7. The Morgan fingerprint density at radius 2 is 1.73 bits per heavy atom. The van der Waals surface area contributed by atoms with Crippen LogP contribution >= 0.6 is 11.8 Å². The third-order valence-corrected chi connectivity index (χ3v) is 2.73. The van der Waals surface area contributed by atoms with Crippen molar-refractivity contribution in [2.75, 3.05) is 5.75 Å². The second kappa shape index (κ2) is 5.72. The molecule has 0 rings (SSSR count). The van der Waals surface area contributed by atoms with Gasteiger partial charge < -0.3 is 0 Å². The summed E-state index contributed by atoms with van der Waals surface area (Å²) in [4.78, 5) is 10.5. The van der Waals surface area contributed by atoms with E-state index in [0.29, 0.717) is 12.2 Å². The van der Waals surface area contributed by atoms with Gasteiger partial charge in [0, 0.05) is 26.0 Å². The summed E-state index contributed by atoms with van der Waals surface area (Å²) in [7, 11) is 0. The van der Waals surface area contributed by atoms with E-state index in [1.165, 1.54) is 6.92 Å². The summed E-state index contributed by atoms with van der Waals surface area (Å²) in [5.41, 5.74) is 0. The molecule has 0 aliphatic rings. The van der Waals surface area contributed by atoms with Gasteiger partial charge in [0.2, 0.25) is 0 Å². The molecule has 0 N–H and O–H groups in total. The van der Waals surface area contributed by atoms with Crippen LogP contribution in [0.3, 0.4) is 0 Å². The maximum absolute atomic E-state index is 12.7. The molecule has 0 amide bonds. The van der Waals surface area contributed by atoms with Crippen LogP contribution in [0, 0.1) is 0 Å². The molecule has 0 bridgehead atoms. The minimum absolute atomic E-state index is 0.00326. The van der Waals surface area contributed by atoms with E-state index < -0.39 is 18.3 Å². The lowest BCUT2D eigenvalue weighted by Gasteiger charge is -2.22. The zero-order chi connectivity index (χ0) is 12.1. The summed E-state index contributed by atoms with van der Waals surface area (Å²) < 4.78 is 50.0. The van der Waals surface area contributed by atoms with Crippen LogP contribution in [0.25, 0.3) is 0 Å². The highest BCUT2D eigenvalue weighted by molar-refractivity contribution is 8.13. The van der Waals surface area contributed by atoms with Crippen molar-refractivity contribution >= 4 is 16.9 Å². The smallest absolute Gasteiger partial charge is 0.288 e. The van der Waals surface area contributed by atoms with E-state index in [1.807, 2.05) is 0 Å². The van der Waals surface area contributed by atoms with Gasteiger partial charge in [-0.05, 0) is 12.8 Å². The van der Waals surface area contributed by atoms with Gasteiger partial charge in [0.25, 0.3) is 0 Å². The Hall–Kier alpha value is -0.260. The molecule has 6 heteroatoms. The first-order chi connectivity index (χ1) is 6.67. The lowest BCUT2D eigenvalue weighted by molar-refractivity contribution is -0.201. The Morgan fingerprint density at radius 3 is 2.13 bits per heavy atom. The summed E-state index contributed by atoms with van der Waals surface area (Å²) in [6.07, 6.45) is -0.498. The molecule has 0 aliphatic heterocycles. The molecule has 0 saturated carbocycles. The van der Waals surface area contributed by atoms with E-state index >= 15 is 0 Å². The van der Waals surface area contributed by atoms with Crippen molar-refractivity contribution < 1.29 is 22.4 Å². The van der Waals surface area contributed by atoms with E-state index in [-0.39, 0.29) is 18.5 Å². The molecule has 90 valence electrons. The number of hydrogen-bond donors (Lipinski definition) is 0. The van der Waals surface area contributed by atoms with Crippen LogP contribution in [0.15, 0.2) is 0 Å². The van der Waals surface area contributed by atoms with Crippen molar-refractivity contribution in [1.29, 1.82) is 0 Å². The van der Waals surface area contributed by atoms with Gasteiger partial charge >= 0.3 is 11.8 Å². The van der Waals surface area contributed by atoms with Crippen LogP contribution in [0.5, 0.6) is 0 Å². The quantitative estimate of drug-likeness (QED) is 0.524. The monoisotopic (exact) mass is 246 g/mol. The molecule has 0 aromatic heterocycles. The number of hydrogen-bond acceptors (Lipinski definition) is 2. The minimum atomic E-state index is -3.97. The van der Waals surface area contributed by atoms with Gasteiger partial charge in [-0.3, -0.25) is 4.79 Å². The second-order valence-corrected chi connectivity index (χ2v) is 4.66. The number of carbonyl (C=O) groups excluding carboxylic acids is 1. The number of unbranched alkanes of at least 4 members (excludes halogenated alkanes) is 1. The fraction of sp³-hybridized carbons (Fsp3) is 0.889. The van der Waals surface area contributed by atoms with Crippen molar-refractivity contribution in [3.63, 3.8) is 0 Å². The summed E-state index contributed by atoms with van der Waals surface area (Å²) in [5, 5.41) is -0.0948. The Bertz CT molecular complexity index is 213. The number of halogens is 4. The summed E-state index contributed by atoms with van der Waals surface area (Å²) in [6, 6.07) is 0. The third kappa shape index (κ3) is 6.02. The molecule has 0 aliphatic carbocycles. The lowest BCUT2D eigenvalue weighted by atomic mass is 10.1. The lowest BCUT2D eigenvalue weighted by Crippen LogP contribution is -2.37. The average Bonchev–Trinajstić information content (AvgIpc) is 2.00. The molecule has 0 unspecified atom stereocenters. The number of carbonyl (C=O) groups is 1. The SMILES string of the molecule is CC(=O)SCCCCC(F)(F)C(C)(F)F. The van der Waals surface area contributed by atoms with Crippen molar-refractivity contribution in [3.8, 4) is 0 Å². The van der Waals surface area contributed by atoms with Crippen LogP contribution in [0.4, 0.5) is 17.6 Å². The number of rotatable bonds is 6. The van der Waals surface area contributed by atoms with Gasteiger partial charge in [0.1, 0.15) is 0 Å². The zero-order valence-corrected chi connectivity index (χ0v) is 9.47. The molecule has 0 radical (unpaired) electrons. The number of thioether (sulfide) groups is 1. The molecule has 0 atom stereocenters. The highest BCUT2D eigenvalue weighted by Crippen LogP contribution is 2.37. The van der Waals surface area contributed by atoms with Crippen molar-refractivity contribution in [3.05, 3.63) is 0 Å². The van der Waals surface area contributed by atoms with Crippen molar-refractivity contribution in [1.82, 2.24) is 0 Å². The number of alkyl halides is 4. The topological polar surface area (TPSA) is 17.1 Å². The maximum atomic E-state index is 12.7. The highest BCUT2D eigenvalue weighted by Gasteiger charge is 2.51. The van der Waals surface area contributed by atoms with Crippen molar-refractivity contribution in [2.24, 2.45) is 0 Å². The van der Waals surface area contributed by atoms with E-state index in [4.69, 9.17) is 0 Å². The summed E-state index contributed by atoms with van der Waals surface area (Å²) in [6.45, 7) is 1.59. The molecular formula is C9H14F4OS. The van der Waals surface area contributed by atoms with Gasteiger partial charge in [-0.15, -0.1) is 0 Å². The van der Waals surface area contributed by atoms with Gasteiger partial charge in [0.05, 0.1) is 0 Å². The van der Waals surface area contributed by atoms with E-state index in [1.54, 1.807) is 0 Å². The fourth-order valence-corrected chi connectivity index (χ4v) is 1.52. The molecule has 1 nitrogen and oxygen atoms in total. The van der Waals surface area contributed by atoms with Crippen LogP contribution < -0.4 is 0 Å². The predicted octanol–water partition coefficient (Wildman–Crippen LogP) is 3.73. The molecule has 15 heavy (non-hydrogen) atoms. The predicted molar refractivity (Wildman–Crippen MR) is 52.6 cm³/mol. The molecule has 0 aromatic carbocycles. The van der Waals surface area contributed by atoms with Crippen LogP contribution in [0.2, 0.25) is 0 Å². The van der Waals surface area contributed by atoms with E-state index in [0.717, 1.165) is 11.8 Å². The van der Waals surface area contributed by atoms with Gasteiger partial charge in [-0.25, -0.2) is 8.78 Å². The summed E-state index contributed by atoms with van der Waals surface area (Å²) >= 11 is 1.02. The zero-order valence-electron chi connectivity index (χ0n) is 8.66. The molecular weight excluding hydrogens is 232 g/mol. The fourth-order valence-electron chi connectivity index (χ4n) is 0.884. The van der Waals surface area contributed by atoms with Gasteiger partial charge in [-0.1, -0.05) is 11.8 Å². The summed E-state index contributed by atoms with van der Waals surface area (Å²) in [5.74, 6) is -7.52. The Morgan fingerprint density at radius 1 is 1.20 bits per heavy atom. The minimum Gasteiger partial charge on any atom is -0.288 e. The molecule has 0 aromatic rings. The standard InChI is InChI=1S/C9H14F4OS/c1-7(14)15-6-4-3-5-9(12,13)8(2,10)11/h3-6H2,1-2H3. The maximum Gasteiger partial charge on any atom is 0.309 e. The molecule has 0 heterocycles. The first-order valence-electron chi connectivity index (χ1n) is 4.56. The normalized spacial score (nSPS) is 12.9. The van der Waals surface area contributed by atoms with Crippen LogP contribution in [-0.2, 0) is 4.79 Å². The third-order valence-electron chi connectivity index (χ3n) is 1.83. The molecule has 0 fully saturated rings. The van der Waals surface area contributed by atoms with Crippen LogP contribution in [-0.4, -0.2) is 22.7 Å². The second-order valence-electron chi connectivity index (χ2n) is 3.39. The Labute approximate surface area is 90.6 Å². The van der Waals surface area contributed by atoms with Gasteiger partial charge in [-0.2, -0.15) is 8.78 Å².